The van der Waals surface area contributed by atoms with Crippen molar-refractivity contribution in [3.05, 3.63) is 46.2 Å². The van der Waals surface area contributed by atoms with Crippen LogP contribution in [0.25, 0.3) is 0 Å². The first-order valence-corrected chi connectivity index (χ1v) is 6.96. The van der Waals surface area contributed by atoms with Gasteiger partial charge in [0.25, 0.3) is 5.91 Å². The molecule has 1 aromatic carbocycles. The van der Waals surface area contributed by atoms with Crippen molar-refractivity contribution in [1.29, 1.82) is 0 Å². The van der Waals surface area contributed by atoms with E-state index in [0.717, 1.165) is 0 Å². The van der Waals surface area contributed by atoms with Crippen LogP contribution >= 0.6 is 23.2 Å². The fraction of sp³-hybridized carbons (Fsp3) is 0.143. The maximum Gasteiger partial charge on any atom is 0.258 e. The van der Waals surface area contributed by atoms with Crippen molar-refractivity contribution >= 4 is 34.8 Å². The maximum absolute atomic E-state index is 12.6. The summed E-state index contributed by atoms with van der Waals surface area (Å²) >= 11 is 11.7. The molecule has 7 heteroatoms. The number of phenols is 1. The van der Waals surface area contributed by atoms with Gasteiger partial charge in [0.15, 0.2) is 11.9 Å². The molecule has 2 N–H and O–H groups in total. The second-order valence-electron chi connectivity index (χ2n) is 4.49. The van der Waals surface area contributed by atoms with E-state index in [0.29, 0.717) is 30.2 Å². The Morgan fingerprint density at radius 1 is 1.33 bits per heavy atom. The molecular formula is C14H11Cl2N2O3+. The smallest absolute Gasteiger partial charge is 0.258 e. The number of halogens is 2. The van der Waals surface area contributed by atoms with Crippen LogP contribution in [0.1, 0.15) is 10.4 Å². The maximum atomic E-state index is 12.6. The number of H-pyrrole nitrogens is 1. The number of carbonyl (C=O) groups excluding carboxylic acids is 1. The minimum atomic E-state index is -0.255. The number of carbonyl (C=O) groups is 1. The van der Waals surface area contributed by atoms with E-state index in [1.54, 1.807) is 23.4 Å². The number of pyridine rings is 1. The third-order valence-corrected chi connectivity index (χ3v) is 3.75. The number of rotatable bonds is 1. The number of benzene rings is 1. The van der Waals surface area contributed by atoms with Crippen molar-refractivity contribution in [2.45, 2.75) is 0 Å². The van der Waals surface area contributed by atoms with E-state index < -0.39 is 0 Å². The molecule has 0 unspecified atom stereocenters. The first kappa shape index (κ1) is 14.0. The lowest BCUT2D eigenvalue weighted by Gasteiger charge is -2.28. The quantitative estimate of drug-likeness (QED) is 0.876. The number of hydrogen-bond acceptors (Lipinski definition) is 3. The summed E-state index contributed by atoms with van der Waals surface area (Å²) in [5, 5.41) is 9.65. The fourth-order valence-electron chi connectivity index (χ4n) is 2.17. The van der Waals surface area contributed by atoms with Crippen LogP contribution in [0.2, 0.25) is 10.0 Å². The summed E-state index contributed by atoms with van der Waals surface area (Å²) in [6.07, 6.45) is 3.40. The molecule has 1 aliphatic rings. The largest absolute Gasteiger partial charge is 0.505 e. The third kappa shape index (κ3) is 2.50. The second-order valence-corrected chi connectivity index (χ2v) is 5.30. The van der Waals surface area contributed by atoms with E-state index >= 15 is 0 Å². The number of aromatic nitrogens is 1. The number of nitrogens with zero attached hydrogens (tertiary/aromatic N) is 1. The number of fused-ring (bicyclic) bond motifs is 1. The van der Waals surface area contributed by atoms with Gasteiger partial charge in [-0.1, -0.05) is 23.2 Å². The Hall–Kier alpha value is -1.98. The highest BCUT2D eigenvalue weighted by Crippen LogP contribution is 2.35. The van der Waals surface area contributed by atoms with E-state index in [2.05, 4.69) is 4.98 Å². The summed E-state index contributed by atoms with van der Waals surface area (Å²) in [5.41, 5.74) is 0.980. The molecular weight excluding hydrogens is 315 g/mol. The van der Waals surface area contributed by atoms with Crippen LogP contribution in [0.15, 0.2) is 30.6 Å². The average molecular weight is 326 g/mol. The molecule has 0 spiro atoms. The molecule has 0 atom stereocenters. The second kappa shape index (κ2) is 5.42. The van der Waals surface area contributed by atoms with E-state index in [-0.39, 0.29) is 21.7 Å². The van der Waals surface area contributed by atoms with Gasteiger partial charge in [0, 0.05) is 11.6 Å². The van der Waals surface area contributed by atoms with E-state index in [1.807, 2.05) is 0 Å². The van der Waals surface area contributed by atoms with Gasteiger partial charge in [-0.3, -0.25) is 4.79 Å². The summed E-state index contributed by atoms with van der Waals surface area (Å²) < 4.78 is 5.49. The Bertz CT molecular complexity index is 698. The summed E-state index contributed by atoms with van der Waals surface area (Å²) in [6, 6.07) is 4.56. The topological polar surface area (TPSA) is 63.9 Å². The molecule has 21 heavy (non-hydrogen) atoms. The van der Waals surface area contributed by atoms with Crippen molar-refractivity contribution in [3.63, 3.8) is 0 Å². The molecule has 0 aliphatic carbocycles. The normalized spacial score (nSPS) is 13.5. The van der Waals surface area contributed by atoms with Crippen LogP contribution in [0, 0.1) is 0 Å². The summed E-state index contributed by atoms with van der Waals surface area (Å²) in [5.74, 6) is 0.120. The lowest BCUT2D eigenvalue weighted by molar-refractivity contribution is -0.378. The van der Waals surface area contributed by atoms with Crippen LogP contribution in [0.5, 0.6) is 11.5 Å². The van der Waals surface area contributed by atoms with Gasteiger partial charge in [0.05, 0.1) is 22.3 Å². The number of nitrogens with one attached hydrogen (secondary N) is 1. The zero-order valence-corrected chi connectivity index (χ0v) is 12.3. The molecule has 1 aromatic heterocycles. The number of hydrogen-bond donors (Lipinski definition) is 1. The molecule has 1 amide bonds. The molecule has 0 fully saturated rings. The molecule has 1 aliphatic heterocycles. The van der Waals surface area contributed by atoms with E-state index in [9.17, 15) is 9.90 Å². The Morgan fingerprint density at radius 2 is 2.05 bits per heavy atom. The van der Waals surface area contributed by atoms with E-state index in [4.69, 9.17) is 27.9 Å². The standard InChI is InChI=1S/C14H10Cl2N2O3/c15-9-5-8(6-10(16)13(9)19)14(20)18-3-4-21-12-7-17-2-1-11(12)18/h1-2,5-7,19H,3-4H2/p+1. The van der Waals surface area contributed by atoms with Gasteiger partial charge in [-0.15, -0.1) is 0 Å². The van der Waals surface area contributed by atoms with Crippen LogP contribution in [0.4, 0.5) is 5.69 Å². The molecule has 0 bridgehead atoms. The lowest BCUT2D eigenvalue weighted by Crippen LogP contribution is -2.38. The van der Waals surface area contributed by atoms with Gasteiger partial charge in [-0.25, -0.2) is 4.98 Å². The molecule has 2 heterocycles. The van der Waals surface area contributed by atoms with Crippen molar-refractivity contribution in [3.8, 4) is 11.5 Å². The van der Waals surface area contributed by atoms with Crippen molar-refractivity contribution in [1.82, 2.24) is 0 Å². The number of phenolic OH excluding ortho intramolecular Hbond substituents is 1. The van der Waals surface area contributed by atoms with Crippen molar-refractivity contribution < 1.29 is 19.6 Å². The SMILES string of the molecule is O=C(c1cc(Cl)c(O)c(Cl)c1)N1CCOc2c[nH+]ccc21. The highest BCUT2D eigenvalue weighted by atomic mass is 35.5. The molecule has 0 saturated heterocycles. The molecule has 0 saturated carbocycles. The van der Waals surface area contributed by atoms with E-state index in [1.165, 1.54) is 12.1 Å². The van der Waals surface area contributed by atoms with Crippen LogP contribution < -0.4 is 14.6 Å². The van der Waals surface area contributed by atoms with Gasteiger partial charge in [0.2, 0.25) is 11.9 Å². The highest BCUT2D eigenvalue weighted by Gasteiger charge is 2.26. The molecule has 2 aromatic rings. The summed E-state index contributed by atoms with van der Waals surface area (Å²) in [6.45, 7) is 0.822. The van der Waals surface area contributed by atoms with Crippen LogP contribution in [0.3, 0.4) is 0 Å². The Balaban J connectivity index is 2.00. The monoisotopic (exact) mass is 325 g/mol. The lowest BCUT2D eigenvalue weighted by atomic mass is 10.1. The molecule has 108 valence electrons. The molecule has 0 radical (unpaired) electrons. The first-order valence-electron chi connectivity index (χ1n) is 6.20. The predicted molar refractivity (Wildman–Crippen MR) is 78.3 cm³/mol. The Morgan fingerprint density at radius 3 is 2.76 bits per heavy atom. The number of amides is 1. The zero-order chi connectivity index (χ0) is 15.0. The summed E-state index contributed by atoms with van der Waals surface area (Å²) in [4.78, 5) is 17.1. The van der Waals surface area contributed by atoms with Gasteiger partial charge in [-0.2, -0.15) is 0 Å². The van der Waals surface area contributed by atoms with Gasteiger partial charge in [-0.05, 0) is 12.1 Å². The van der Waals surface area contributed by atoms with Gasteiger partial charge < -0.3 is 14.7 Å². The highest BCUT2D eigenvalue weighted by molar-refractivity contribution is 6.37. The van der Waals surface area contributed by atoms with Crippen molar-refractivity contribution in [2.24, 2.45) is 0 Å². The fourth-order valence-corrected chi connectivity index (χ4v) is 2.66. The average Bonchev–Trinajstić information content (AvgIpc) is 2.51. The predicted octanol–water partition coefficient (Wildman–Crippen LogP) is 2.55. The van der Waals surface area contributed by atoms with Crippen LogP contribution in [-0.4, -0.2) is 24.2 Å². The number of anilines is 1. The first-order chi connectivity index (χ1) is 10.1. The molecule has 3 rings (SSSR count). The number of ether oxygens (including phenoxy) is 1. The summed E-state index contributed by atoms with van der Waals surface area (Å²) in [7, 11) is 0. The van der Waals surface area contributed by atoms with Gasteiger partial charge in [0.1, 0.15) is 6.61 Å². The van der Waals surface area contributed by atoms with Crippen molar-refractivity contribution in [2.75, 3.05) is 18.1 Å². The molecule has 5 nitrogen and oxygen atoms in total. The Kier molecular flexibility index (Phi) is 3.61. The minimum absolute atomic E-state index is 0.0423. The third-order valence-electron chi connectivity index (χ3n) is 3.18. The van der Waals surface area contributed by atoms with Crippen LogP contribution in [-0.2, 0) is 0 Å². The Labute approximate surface area is 130 Å². The number of aromatic amines is 1. The van der Waals surface area contributed by atoms with Gasteiger partial charge >= 0.3 is 0 Å². The minimum Gasteiger partial charge on any atom is -0.505 e. The zero-order valence-electron chi connectivity index (χ0n) is 10.8. The number of aromatic hydroxyl groups is 1.